The van der Waals surface area contributed by atoms with Crippen LogP contribution < -0.4 is 0 Å². The number of non-ortho nitro benzene ring substituents is 1. The molecule has 1 aromatic carbocycles. The molecule has 0 heterocycles. The number of thioether (sulfide) groups is 1. The van der Waals surface area contributed by atoms with Crippen molar-refractivity contribution in [3.8, 4) is 0 Å². The Morgan fingerprint density at radius 1 is 1.62 bits per heavy atom. The smallest absolute Gasteiger partial charge is 0.304 e. The van der Waals surface area contributed by atoms with Gasteiger partial charge in [-0.3, -0.25) is 14.9 Å². The maximum Gasteiger partial charge on any atom is 0.304 e. The van der Waals surface area contributed by atoms with E-state index in [9.17, 15) is 14.9 Å². The van der Waals surface area contributed by atoms with E-state index in [0.29, 0.717) is 4.90 Å². The zero-order valence-corrected chi connectivity index (χ0v) is 9.44. The van der Waals surface area contributed by atoms with Gasteiger partial charge >= 0.3 is 5.97 Å². The Morgan fingerprint density at radius 2 is 2.31 bits per heavy atom. The Labute approximate surface area is 96.6 Å². The largest absolute Gasteiger partial charge is 0.481 e. The molecule has 1 aromatic rings. The molecular weight excluding hydrogens is 230 g/mol. The lowest BCUT2D eigenvalue weighted by molar-refractivity contribution is -0.385. The Hall–Kier alpha value is -1.56. The molecule has 1 unspecified atom stereocenters. The van der Waals surface area contributed by atoms with Gasteiger partial charge in [0.25, 0.3) is 5.69 Å². The summed E-state index contributed by atoms with van der Waals surface area (Å²) in [6.07, 6.45) is 0.0351. The minimum absolute atomic E-state index is 0.0209. The molecular formula is C10H11NO4S. The quantitative estimate of drug-likeness (QED) is 0.486. The van der Waals surface area contributed by atoms with Crippen LogP contribution in [-0.4, -0.2) is 21.2 Å². The van der Waals surface area contributed by atoms with Crippen molar-refractivity contribution in [3.63, 3.8) is 0 Å². The topological polar surface area (TPSA) is 80.4 Å². The first-order valence-corrected chi connectivity index (χ1v) is 5.50. The molecule has 0 radical (unpaired) electrons. The molecule has 0 fully saturated rings. The first-order chi connectivity index (χ1) is 7.49. The lowest BCUT2D eigenvalue weighted by Gasteiger charge is -2.07. The number of benzene rings is 1. The van der Waals surface area contributed by atoms with Gasteiger partial charge in [-0.25, -0.2) is 0 Å². The van der Waals surface area contributed by atoms with E-state index in [1.807, 2.05) is 0 Å². The number of hydrogen-bond donors (Lipinski definition) is 1. The summed E-state index contributed by atoms with van der Waals surface area (Å²) in [5, 5.41) is 19.0. The zero-order valence-electron chi connectivity index (χ0n) is 8.62. The lowest BCUT2D eigenvalue weighted by atomic mass is 10.3. The maximum atomic E-state index is 10.5. The van der Waals surface area contributed by atoms with Crippen LogP contribution in [0.3, 0.4) is 0 Å². The summed E-state index contributed by atoms with van der Waals surface area (Å²) >= 11 is 1.32. The van der Waals surface area contributed by atoms with Gasteiger partial charge in [-0.15, -0.1) is 11.8 Å². The van der Waals surface area contributed by atoms with Gasteiger partial charge in [0.05, 0.1) is 11.3 Å². The number of carboxylic acids is 1. The van der Waals surface area contributed by atoms with E-state index in [2.05, 4.69) is 0 Å². The Bertz CT molecular complexity index is 408. The van der Waals surface area contributed by atoms with Crippen molar-refractivity contribution in [2.24, 2.45) is 0 Å². The first-order valence-electron chi connectivity index (χ1n) is 4.62. The monoisotopic (exact) mass is 241 g/mol. The third-order valence-electron chi connectivity index (χ3n) is 1.83. The van der Waals surface area contributed by atoms with Gasteiger partial charge in [0.15, 0.2) is 0 Å². The summed E-state index contributed by atoms with van der Waals surface area (Å²) in [6.45, 7) is 1.78. The van der Waals surface area contributed by atoms with Crippen LogP contribution in [-0.2, 0) is 4.79 Å². The molecule has 0 aliphatic carbocycles. The van der Waals surface area contributed by atoms with Crippen LogP contribution >= 0.6 is 11.8 Å². The van der Waals surface area contributed by atoms with Crippen LogP contribution in [0, 0.1) is 10.1 Å². The van der Waals surface area contributed by atoms with E-state index < -0.39 is 10.9 Å². The molecule has 6 heteroatoms. The maximum absolute atomic E-state index is 10.5. The molecule has 86 valence electrons. The van der Waals surface area contributed by atoms with Crippen LogP contribution in [0.15, 0.2) is 29.2 Å². The van der Waals surface area contributed by atoms with E-state index in [4.69, 9.17) is 5.11 Å². The molecule has 0 amide bonds. The fourth-order valence-electron chi connectivity index (χ4n) is 1.19. The van der Waals surface area contributed by atoms with E-state index >= 15 is 0 Å². The van der Waals surface area contributed by atoms with Gasteiger partial charge in [0.1, 0.15) is 0 Å². The molecule has 0 spiro atoms. The molecule has 1 N–H and O–H groups in total. The second kappa shape index (κ2) is 5.50. The van der Waals surface area contributed by atoms with E-state index in [-0.39, 0.29) is 17.4 Å². The fourth-order valence-corrected chi connectivity index (χ4v) is 2.23. The number of hydrogen-bond acceptors (Lipinski definition) is 4. The van der Waals surface area contributed by atoms with E-state index in [1.165, 1.54) is 23.9 Å². The van der Waals surface area contributed by atoms with Gasteiger partial charge < -0.3 is 5.11 Å². The van der Waals surface area contributed by atoms with Crippen LogP contribution in [0.4, 0.5) is 5.69 Å². The standard InChI is InChI=1S/C10H11NO4S/c1-7(5-10(12)13)16-9-4-2-3-8(6-9)11(14)15/h2-4,6-7H,5H2,1H3,(H,12,13). The van der Waals surface area contributed by atoms with Gasteiger partial charge in [0, 0.05) is 22.3 Å². The molecule has 0 saturated carbocycles. The van der Waals surface area contributed by atoms with Crippen molar-refractivity contribution >= 4 is 23.4 Å². The zero-order chi connectivity index (χ0) is 12.1. The second-order valence-corrected chi connectivity index (χ2v) is 4.79. The molecule has 1 rings (SSSR count). The molecule has 0 bridgehead atoms. The predicted molar refractivity (Wildman–Crippen MR) is 60.7 cm³/mol. The number of carboxylic acid groups (broad SMARTS) is 1. The molecule has 5 nitrogen and oxygen atoms in total. The SMILES string of the molecule is CC(CC(=O)O)Sc1cccc([N+](=O)[O-])c1. The van der Waals surface area contributed by atoms with Crippen molar-refractivity contribution in [3.05, 3.63) is 34.4 Å². The highest BCUT2D eigenvalue weighted by molar-refractivity contribution is 8.00. The van der Waals surface area contributed by atoms with Crippen LogP contribution in [0.1, 0.15) is 13.3 Å². The molecule has 0 aromatic heterocycles. The molecule has 0 saturated heterocycles. The van der Waals surface area contributed by atoms with Crippen molar-refractivity contribution in [2.45, 2.75) is 23.5 Å². The van der Waals surface area contributed by atoms with Crippen molar-refractivity contribution < 1.29 is 14.8 Å². The average Bonchev–Trinajstić information content (AvgIpc) is 2.16. The van der Waals surface area contributed by atoms with E-state index in [0.717, 1.165) is 0 Å². The predicted octanol–water partition coefficient (Wildman–Crippen LogP) is 2.55. The Morgan fingerprint density at radius 3 is 2.88 bits per heavy atom. The summed E-state index contributed by atoms with van der Waals surface area (Å²) in [5.74, 6) is -0.870. The van der Waals surface area contributed by atoms with Crippen LogP contribution in [0.5, 0.6) is 0 Å². The lowest BCUT2D eigenvalue weighted by Crippen LogP contribution is -2.05. The van der Waals surface area contributed by atoms with Crippen LogP contribution in [0.2, 0.25) is 0 Å². The number of nitro groups is 1. The van der Waals surface area contributed by atoms with Gasteiger partial charge in [-0.05, 0) is 6.07 Å². The molecule has 0 aliphatic rings. The van der Waals surface area contributed by atoms with Crippen LogP contribution in [0.25, 0.3) is 0 Å². The van der Waals surface area contributed by atoms with Crippen molar-refractivity contribution in [2.75, 3.05) is 0 Å². The highest BCUT2D eigenvalue weighted by Crippen LogP contribution is 2.27. The Kier molecular flexibility index (Phi) is 4.30. The summed E-state index contributed by atoms with van der Waals surface area (Å²) < 4.78 is 0. The highest BCUT2D eigenvalue weighted by atomic mass is 32.2. The van der Waals surface area contributed by atoms with Gasteiger partial charge in [0.2, 0.25) is 0 Å². The first kappa shape index (κ1) is 12.5. The third-order valence-corrected chi connectivity index (χ3v) is 2.92. The average molecular weight is 241 g/mol. The van der Waals surface area contributed by atoms with E-state index in [1.54, 1.807) is 19.1 Å². The fraction of sp³-hybridized carbons (Fsp3) is 0.300. The minimum Gasteiger partial charge on any atom is -0.481 e. The molecule has 0 aliphatic heterocycles. The van der Waals surface area contributed by atoms with Crippen molar-refractivity contribution in [1.29, 1.82) is 0 Å². The number of nitro benzene ring substituents is 1. The minimum atomic E-state index is -0.870. The van der Waals surface area contributed by atoms with Crippen molar-refractivity contribution in [1.82, 2.24) is 0 Å². The number of carbonyl (C=O) groups is 1. The molecule has 16 heavy (non-hydrogen) atoms. The number of aliphatic carboxylic acids is 1. The number of rotatable bonds is 5. The second-order valence-electron chi connectivity index (χ2n) is 3.28. The normalized spacial score (nSPS) is 12.1. The Balaban J connectivity index is 2.70. The summed E-state index contributed by atoms with van der Waals surface area (Å²) in [7, 11) is 0. The van der Waals surface area contributed by atoms with Gasteiger partial charge in [-0.1, -0.05) is 13.0 Å². The summed E-state index contributed by atoms with van der Waals surface area (Å²) in [5.41, 5.74) is 0.0209. The summed E-state index contributed by atoms with van der Waals surface area (Å²) in [4.78, 5) is 21.2. The molecule has 1 atom stereocenters. The summed E-state index contributed by atoms with van der Waals surface area (Å²) in [6, 6.07) is 6.18. The van der Waals surface area contributed by atoms with Gasteiger partial charge in [-0.2, -0.15) is 0 Å². The highest BCUT2D eigenvalue weighted by Gasteiger charge is 2.11. The number of nitrogens with zero attached hydrogens (tertiary/aromatic N) is 1. The third kappa shape index (κ3) is 3.90.